The van der Waals surface area contributed by atoms with Crippen molar-refractivity contribution in [2.45, 2.75) is 51.9 Å². The Kier molecular flexibility index (Phi) is 4.92. The maximum Gasteiger partial charge on any atom is 0.304 e. The average molecular weight is 294 g/mol. The molecule has 1 rings (SSSR count). The van der Waals surface area contributed by atoms with Crippen molar-refractivity contribution >= 4 is 5.97 Å². The monoisotopic (exact) mass is 294 g/mol. The Morgan fingerprint density at radius 2 is 1.43 bits per heavy atom. The lowest BCUT2D eigenvalue weighted by Gasteiger charge is -2.29. The predicted octanol–water partition coefficient (Wildman–Crippen LogP) is 3.75. The van der Waals surface area contributed by atoms with E-state index in [1.165, 1.54) is 0 Å². The van der Waals surface area contributed by atoms with Gasteiger partial charge in [-0.1, -0.05) is 34.6 Å². The van der Waals surface area contributed by atoms with E-state index in [0.29, 0.717) is 5.75 Å². The molecule has 0 unspecified atom stereocenters. The van der Waals surface area contributed by atoms with Crippen molar-refractivity contribution in [3.05, 3.63) is 23.3 Å². The molecule has 0 aromatic heterocycles. The summed E-state index contributed by atoms with van der Waals surface area (Å²) in [6.07, 6.45) is 0.0291. The highest BCUT2D eigenvalue weighted by Crippen LogP contribution is 2.42. The molecule has 4 nitrogen and oxygen atoms in total. The molecule has 0 heterocycles. The molecule has 1 aromatic carbocycles. The van der Waals surface area contributed by atoms with E-state index in [0.717, 1.165) is 16.9 Å². The van der Waals surface area contributed by atoms with Crippen molar-refractivity contribution in [1.29, 1.82) is 0 Å². The third-order valence-corrected chi connectivity index (χ3v) is 3.65. The summed E-state index contributed by atoms with van der Waals surface area (Å²) in [5.74, 6) is 0.629. The molecule has 0 bridgehead atoms. The summed E-state index contributed by atoms with van der Waals surface area (Å²) in [4.78, 5) is 11.1. The van der Waals surface area contributed by atoms with E-state index >= 15 is 0 Å². The fourth-order valence-corrected chi connectivity index (χ4v) is 2.49. The van der Waals surface area contributed by atoms with Gasteiger partial charge in [-0.25, -0.2) is 0 Å². The molecular formula is C17H26O4. The van der Waals surface area contributed by atoms with Crippen LogP contribution in [0.25, 0.3) is 0 Å². The Morgan fingerprint density at radius 3 is 1.81 bits per heavy atom. The zero-order chi connectivity index (χ0) is 16.4. The van der Waals surface area contributed by atoms with Crippen molar-refractivity contribution in [1.82, 2.24) is 0 Å². The zero-order valence-electron chi connectivity index (χ0n) is 14.0. The van der Waals surface area contributed by atoms with Gasteiger partial charge >= 0.3 is 5.97 Å². The third kappa shape index (κ3) is 3.90. The Balaban J connectivity index is 3.51. The lowest BCUT2D eigenvalue weighted by Crippen LogP contribution is -2.23. The van der Waals surface area contributed by atoms with Crippen molar-refractivity contribution in [2.24, 2.45) is 0 Å². The quantitative estimate of drug-likeness (QED) is 0.898. The van der Waals surface area contributed by atoms with Crippen molar-refractivity contribution < 1.29 is 19.4 Å². The van der Waals surface area contributed by atoms with E-state index < -0.39 is 11.4 Å². The van der Waals surface area contributed by atoms with Crippen molar-refractivity contribution in [3.8, 4) is 11.5 Å². The summed E-state index contributed by atoms with van der Waals surface area (Å²) in [6, 6.07) is 3.86. The van der Waals surface area contributed by atoms with Gasteiger partial charge in [0, 0.05) is 16.5 Å². The van der Waals surface area contributed by atoms with Crippen LogP contribution in [0.1, 0.15) is 52.2 Å². The second kappa shape index (κ2) is 5.96. The molecule has 0 aliphatic carbocycles. The van der Waals surface area contributed by atoms with Crippen molar-refractivity contribution in [3.63, 3.8) is 0 Å². The van der Waals surface area contributed by atoms with Gasteiger partial charge in [0.2, 0.25) is 0 Å². The molecule has 0 aliphatic rings. The second-order valence-corrected chi connectivity index (χ2v) is 6.96. The number of methoxy groups -OCH3 is 2. The van der Waals surface area contributed by atoms with E-state index in [4.69, 9.17) is 14.6 Å². The fraction of sp³-hybridized carbons (Fsp3) is 0.588. The van der Waals surface area contributed by atoms with Crippen LogP contribution in [0.3, 0.4) is 0 Å². The highest BCUT2D eigenvalue weighted by Gasteiger charge is 2.30. The molecule has 0 saturated heterocycles. The molecule has 1 aromatic rings. The van der Waals surface area contributed by atoms with Crippen LogP contribution < -0.4 is 9.47 Å². The molecule has 0 aliphatic heterocycles. The molecule has 0 amide bonds. The number of carbonyl (C=O) groups is 1. The standard InChI is InChI=1S/C17H26O4/c1-16(2,3)11-8-14(21-7)12(9-13(11)20-6)17(4,5)10-15(18)19/h8-9H,10H2,1-7H3,(H,18,19). The van der Waals surface area contributed by atoms with Gasteiger partial charge in [-0.15, -0.1) is 0 Å². The molecular weight excluding hydrogens is 268 g/mol. The number of hydrogen-bond donors (Lipinski definition) is 1. The molecule has 0 spiro atoms. The molecule has 0 radical (unpaired) electrons. The topological polar surface area (TPSA) is 55.8 Å². The SMILES string of the molecule is COc1cc(C(C)(C)CC(=O)O)c(OC)cc1C(C)(C)C. The summed E-state index contributed by atoms with van der Waals surface area (Å²) in [6.45, 7) is 10.1. The number of carboxylic acids is 1. The van der Waals surface area contributed by atoms with Crippen molar-refractivity contribution in [2.75, 3.05) is 14.2 Å². The second-order valence-electron chi connectivity index (χ2n) is 6.96. The lowest BCUT2D eigenvalue weighted by atomic mass is 9.78. The molecule has 4 heteroatoms. The van der Waals surface area contributed by atoms with Crippen LogP contribution in [0.2, 0.25) is 0 Å². The van der Waals surface area contributed by atoms with E-state index in [1.807, 2.05) is 26.0 Å². The van der Waals surface area contributed by atoms with Gasteiger partial charge in [0.25, 0.3) is 0 Å². The maximum atomic E-state index is 11.1. The first kappa shape index (κ1) is 17.3. The number of hydrogen-bond acceptors (Lipinski definition) is 3. The van der Waals surface area contributed by atoms with Crippen LogP contribution in [0, 0.1) is 0 Å². The normalized spacial score (nSPS) is 12.1. The Labute approximate surface area is 127 Å². The highest BCUT2D eigenvalue weighted by molar-refractivity contribution is 5.69. The van der Waals surface area contributed by atoms with Crippen LogP contribution in [0.5, 0.6) is 11.5 Å². The highest BCUT2D eigenvalue weighted by atomic mass is 16.5. The molecule has 0 fully saturated rings. The van der Waals surface area contributed by atoms with Crippen LogP contribution in [0.15, 0.2) is 12.1 Å². The summed E-state index contributed by atoms with van der Waals surface area (Å²) < 4.78 is 11.0. The summed E-state index contributed by atoms with van der Waals surface area (Å²) in [5.41, 5.74) is 1.25. The van der Waals surface area contributed by atoms with Crippen LogP contribution >= 0.6 is 0 Å². The Morgan fingerprint density at radius 1 is 1.00 bits per heavy atom. The first-order valence-electron chi connectivity index (χ1n) is 7.01. The number of carboxylic acid groups (broad SMARTS) is 1. The van der Waals surface area contributed by atoms with Gasteiger partial charge in [0.1, 0.15) is 11.5 Å². The number of ether oxygens (including phenoxy) is 2. The Hall–Kier alpha value is -1.71. The fourth-order valence-electron chi connectivity index (χ4n) is 2.49. The summed E-state index contributed by atoms with van der Waals surface area (Å²) in [7, 11) is 3.24. The van der Waals surface area contributed by atoms with E-state index in [-0.39, 0.29) is 11.8 Å². The minimum Gasteiger partial charge on any atom is -0.496 e. The summed E-state index contributed by atoms with van der Waals surface area (Å²) >= 11 is 0. The van der Waals surface area contributed by atoms with Gasteiger partial charge in [-0.3, -0.25) is 4.79 Å². The minimum atomic E-state index is -0.832. The number of rotatable bonds is 5. The van der Waals surface area contributed by atoms with Gasteiger partial charge in [-0.2, -0.15) is 0 Å². The molecule has 0 saturated carbocycles. The molecule has 0 atom stereocenters. The smallest absolute Gasteiger partial charge is 0.304 e. The molecule has 21 heavy (non-hydrogen) atoms. The molecule has 118 valence electrons. The van der Waals surface area contributed by atoms with E-state index in [1.54, 1.807) is 14.2 Å². The number of aliphatic carboxylic acids is 1. The van der Waals surface area contributed by atoms with Gasteiger partial charge in [-0.05, 0) is 17.5 Å². The Bertz CT molecular complexity index is 524. The first-order chi connectivity index (χ1) is 9.52. The van der Waals surface area contributed by atoms with E-state index in [9.17, 15) is 4.79 Å². The van der Waals surface area contributed by atoms with Crippen LogP contribution in [-0.2, 0) is 15.6 Å². The molecule has 1 N–H and O–H groups in total. The van der Waals surface area contributed by atoms with Gasteiger partial charge < -0.3 is 14.6 Å². The summed E-state index contributed by atoms with van der Waals surface area (Å²) in [5, 5.41) is 9.11. The zero-order valence-corrected chi connectivity index (χ0v) is 14.0. The maximum absolute atomic E-state index is 11.1. The third-order valence-electron chi connectivity index (χ3n) is 3.65. The average Bonchev–Trinajstić information content (AvgIpc) is 2.34. The number of benzene rings is 1. The van der Waals surface area contributed by atoms with Crippen LogP contribution in [-0.4, -0.2) is 25.3 Å². The first-order valence-corrected chi connectivity index (χ1v) is 7.01. The van der Waals surface area contributed by atoms with Gasteiger partial charge in [0.15, 0.2) is 0 Å². The lowest BCUT2D eigenvalue weighted by molar-refractivity contribution is -0.138. The van der Waals surface area contributed by atoms with Crippen LogP contribution in [0.4, 0.5) is 0 Å². The largest absolute Gasteiger partial charge is 0.496 e. The van der Waals surface area contributed by atoms with Gasteiger partial charge in [0.05, 0.1) is 20.6 Å². The van der Waals surface area contributed by atoms with E-state index in [2.05, 4.69) is 20.8 Å². The predicted molar refractivity (Wildman–Crippen MR) is 83.5 cm³/mol. The minimum absolute atomic E-state index is 0.0291.